The summed E-state index contributed by atoms with van der Waals surface area (Å²) in [6.45, 7) is 7.16. The van der Waals surface area contributed by atoms with Crippen LogP contribution >= 0.6 is 0 Å². The Morgan fingerprint density at radius 2 is 1.93 bits per heavy atom. The van der Waals surface area contributed by atoms with Gasteiger partial charge in [-0.3, -0.25) is 4.79 Å². The SMILES string of the molecule is CCOC(=O)C(Cc1ccc2c(c1)CC(C)N2CC)NS(=O)(=O)c1ccccc1. The maximum Gasteiger partial charge on any atom is 0.324 e. The molecule has 0 radical (unpaired) electrons. The van der Waals surface area contributed by atoms with Crippen LogP contribution in [0.15, 0.2) is 53.4 Å². The van der Waals surface area contributed by atoms with E-state index in [9.17, 15) is 13.2 Å². The number of hydrogen-bond acceptors (Lipinski definition) is 5. The number of fused-ring (bicyclic) bond motifs is 1. The Labute approximate surface area is 172 Å². The predicted molar refractivity (Wildman–Crippen MR) is 114 cm³/mol. The summed E-state index contributed by atoms with van der Waals surface area (Å²) in [5, 5.41) is 0. The Bertz CT molecular complexity index is 960. The van der Waals surface area contributed by atoms with E-state index in [0.717, 1.165) is 18.5 Å². The van der Waals surface area contributed by atoms with Crippen molar-refractivity contribution >= 4 is 21.7 Å². The smallest absolute Gasteiger partial charge is 0.324 e. The van der Waals surface area contributed by atoms with Crippen LogP contribution < -0.4 is 9.62 Å². The molecule has 0 saturated carbocycles. The summed E-state index contributed by atoms with van der Waals surface area (Å²) in [5.74, 6) is -0.573. The molecule has 1 N–H and O–H groups in total. The van der Waals surface area contributed by atoms with Crippen LogP contribution in [0.4, 0.5) is 5.69 Å². The molecule has 2 unspecified atom stereocenters. The third kappa shape index (κ3) is 4.79. The van der Waals surface area contributed by atoms with E-state index in [1.54, 1.807) is 25.1 Å². The monoisotopic (exact) mass is 416 g/mol. The van der Waals surface area contributed by atoms with Crippen LogP contribution in [0, 0.1) is 0 Å². The molecule has 2 atom stereocenters. The Kier molecular flexibility index (Phi) is 6.59. The van der Waals surface area contributed by atoms with Crippen molar-refractivity contribution in [3.63, 3.8) is 0 Å². The van der Waals surface area contributed by atoms with E-state index in [2.05, 4.69) is 35.6 Å². The molecule has 1 aliphatic rings. The summed E-state index contributed by atoms with van der Waals surface area (Å²) in [4.78, 5) is 15.0. The molecule has 1 aliphatic heterocycles. The number of carbonyl (C=O) groups excluding carboxylic acids is 1. The topological polar surface area (TPSA) is 75.7 Å². The third-order valence-corrected chi connectivity index (χ3v) is 6.69. The van der Waals surface area contributed by atoms with Crippen molar-refractivity contribution in [1.82, 2.24) is 4.72 Å². The lowest BCUT2D eigenvalue weighted by atomic mass is 10.0. The second kappa shape index (κ2) is 8.97. The summed E-state index contributed by atoms with van der Waals surface area (Å²) in [5.41, 5.74) is 3.34. The van der Waals surface area contributed by atoms with Gasteiger partial charge in [-0.15, -0.1) is 0 Å². The molecule has 7 heteroatoms. The lowest BCUT2D eigenvalue weighted by Gasteiger charge is -2.23. The molecular weight excluding hydrogens is 388 g/mol. The van der Waals surface area contributed by atoms with E-state index in [-0.39, 0.29) is 17.9 Å². The average Bonchev–Trinajstić information content (AvgIpc) is 3.02. The van der Waals surface area contributed by atoms with Crippen LogP contribution in [-0.2, 0) is 32.4 Å². The molecule has 0 saturated heterocycles. The zero-order chi connectivity index (χ0) is 21.0. The quantitative estimate of drug-likeness (QED) is 0.670. The van der Waals surface area contributed by atoms with Gasteiger partial charge >= 0.3 is 5.97 Å². The van der Waals surface area contributed by atoms with Gasteiger partial charge in [-0.05, 0) is 62.9 Å². The van der Waals surface area contributed by atoms with Crippen molar-refractivity contribution in [3.05, 3.63) is 59.7 Å². The molecule has 2 aromatic rings. The minimum absolute atomic E-state index is 0.121. The van der Waals surface area contributed by atoms with Gasteiger partial charge in [0.15, 0.2) is 0 Å². The first kappa shape index (κ1) is 21.3. The number of benzene rings is 2. The van der Waals surface area contributed by atoms with Crippen molar-refractivity contribution in [1.29, 1.82) is 0 Å². The van der Waals surface area contributed by atoms with Crippen LogP contribution in [-0.4, -0.2) is 39.6 Å². The van der Waals surface area contributed by atoms with Gasteiger partial charge in [-0.1, -0.05) is 30.3 Å². The lowest BCUT2D eigenvalue weighted by molar-refractivity contribution is -0.145. The first-order valence-electron chi connectivity index (χ1n) is 9.98. The van der Waals surface area contributed by atoms with E-state index in [1.165, 1.54) is 23.4 Å². The molecule has 156 valence electrons. The molecule has 0 aliphatic carbocycles. The van der Waals surface area contributed by atoms with Gasteiger partial charge in [0.25, 0.3) is 0 Å². The van der Waals surface area contributed by atoms with Crippen molar-refractivity contribution < 1.29 is 17.9 Å². The standard InChI is InChI=1S/C22H28N2O4S/c1-4-24-16(3)13-18-14-17(11-12-21(18)24)15-20(22(25)28-5-2)23-29(26,27)19-9-7-6-8-10-19/h6-12,14,16,20,23H,4-5,13,15H2,1-3H3. The van der Waals surface area contributed by atoms with E-state index in [0.29, 0.717) is 6.04 Å². The highest BCUT2D eigenvalue weighted by atomic mass is 32.2. The van der Waals surface area contributed by atoms with E-state index in [1.807, 2.05) is 6.07 Å². The van der Waals surface area contributed by atoms with Crippen LogP contribution in [0.1, 0.15) is 31.9 Å². The summed E-state index contributed by atoms with van der Waals surface area (Å²) in [6, 6.07) is 13.6. The molecule has 0 bridgehead atoms. The molecule has 0 fully saturated rings. The summed E-state index contributed by atoms with van der Waals surface area (Å²) < 4.78 is 33.1. The number of esters is 1. The van der Waals surface area contributed by atoms with Crippen LogP contribution in [0.3, 0.4) is 0 Å². The van der Waals surface area contributed by atoms with Gasteiger partial charge in [0.1, 0.15) is 6.04 Å². The minimum Gasteiger partial charge on any atom is -0.465 e. The third-order valence-electron chi connectivity index (χ3n) is 5.20. The highest BCUT2D eigenvalue weighted by Crippen LogP contribution is 2.32. The molecule has 3 rings (SSSR count). The molecule has 6 nitrogen and oxygen atoms in total. The number of ether oxygens (including phenoxy) is 1. The molecule has 0 amide bonds. The minimum atomic E-state index is -3.84. The molecule has 0 aromatic heterocycles. The molecule has 29 heavy (non-hydrogen) atoms. The number of rotatable bonds is 8. The summed E-state index contributed by atoms with van der Waals surface area (Å²) in [6.07, 6.45) is 1.18. The lowest BCUT2D eigenvalue weighted by Crippen LogP contribution is -2.43. The van der Waals surface area contributed by atoms with E-state index < -0.39 is 22.0 Å². The second-order valence-corrected chi connectivity index (χ2v) is 8.96. The number of anilines is 1. The van der Waals surface area contributed by atoms with Crippen molar-refractivity contribution in [2.24, 2.45) is 0 Å². The molecule has 2 aromatic carbocycles. The van der Waals surface area contributed by atoms with Gasteiger partial charge in [-0.25, -0.2) is 8.42 Å². The molecule has 0 spiro atoms. The van der Waals surface area contributed by atoms with Gasteiger partial charge in [0.2, 0.25) is 10.0 Å². The van der Waals surface area contributed by atoms with Crippen LogP contribution in [0.25, 0.3) is 0 Å². The number of nitrogens with zero attached hydrogens (tertiary/aromatic N) is 1. The fraction of sp³-hybridized carbons (Fsp3) is 0.409. The fourth-order valence-corrected chi connectivity index (χ4v) is 5.07. The molecule has 1 heterocycles. The highest BCUT2D eigenvalue weighted by Gasteiger charge is 2.29. The predicted octanol–water partition coefficient (Wildman–Crippen LogP) is 2.91. The van der Waals surface area contributed by atoms with Crippen molar-refractivity contribution in [2.45, 2.75) is 50.6 Å². The van der Waals surface area contributed by atoms with Gasteiger partial charge in [-0.2, -0.15) is 4.72 Å². The van der Waals surface area contributed by atoms with Gasteiger partial charge in [0.05, 0.1) is 11.5 Å². The van der Waals surface area contributed by atoms with Crippen LogP contribution in [0.2, 0.25) is 0 Å². The number of likely N-dealkylation sites (N-methyl/N-ethyl adjacent to an activating group) is 1. The van der Waals surface area contributed by atoms with E-state index in [4.69, 9.17) is 4.74 Å². The van der Waals surface area contributed by atoms with Crippen LogP contribution in [0.5, 0.6) is 0 Å². The maximum absolute atomic E-state index is 12.7. The van der Waals surface area contributed by atoms with Crippen molar-refractivity contribution in [3.8, 4) is 0 Å². The number of nitrogens with one attached hydrogen (secondary N) is 1. The highest BCUT2D eigenvalue weighted by molar-refractivity contribution is 7.89. The Balaban J connectivity index is 1.84. The zero-order valence-electron chi connectivity index (χ0n) is 17.1. The average molecular weight is 417 g/mol. The Hall–Kier alpha value is -2.38. The summed E-state index contributed by atoms with van der Waals surface area (Å²) >= 11 is 0. The maximum atomic E-state index is 12.7. The number of sulfonamides is 1. The number of carbonyl (C=O) groups is 1. The largest absolute Gasteiger partial charge is 0.465 e. The van der Waals surface area contributed by atoms with E-state index >= 15 is 0 Å². The zero-order valence-corrected chi connectivity index (χ0v) is 17.9. The van der Waals surface area contributed by atoms with Gasteiger partial charge in [0, 0.05) is 18.3 Å². The first-order chi connectivity index (χ1) is 13.9. The normalized spacial score (nSPS) is 17.1. The Morgan fingerprint density at radius 1 is 1.21 bits per heavy atom. The van der Waals surface area contributed by atoms with Gasteiger partial charge < -0.3 is 9.64 Å². The number of hydrogen-bond donors (Lipinski definition) is 1. The Morgan fingerprint density at radius 3 is 2.59 bits per heavy atom. The summed E-state index contributed by atoms with van der Waals surface area (Å²) in [7, 11) is -3.84. The first-order valence-corrected chi connectivity index (χ1v) is 11.5. The fourth-order valence-electron chi connectivity index (χ4n) is 3.86. The second-order valence-electron chi connectivity index (χ2n) is 7.25. The van der Waals surface area contributed by atoms with Crippen molar-refractivity contribution in [2.75, 3.05) is 18.1 Å². The molecular formula is C22H28N2O4S.